The van der Waals surface area contributed by atoms with E-state index < -0.39 is 0 Å². The number of unbranched alkanes of at least 4 members (excludes halogenated alkanes) is 6. The third-order valence-electron chi connectivity index (χ3n) is 5.83. The molecule has 0 saturated heterocycles. The Morgan fingerprint density at radius 3 is 2.24 bits per heavy atom. The molecule has 1 N–H and O–H groups in total. The first-order valence-electron chi connectivity index (χ1n) is 10.0. The molecular formula is C20H39N. The zero-order valence-electron chi connectivity index (χ0n) is 14.7. The quantitative estimate of drug-likeness (QED) is 0.465. The highest BCUT2D eigenvalue weighted by molar-refractivity contribution is 4.85. The highest BCUT2D eigenvalue weighted by Gasteiger charge is 2.30. The van der Waals surface area contributed by atoms with Crippen molar-refractivity contribution in [2.45, 2.75) is 103 Å². The van der Waals surface area contributed by atoms with Crippen molar-refractivity contribution < 1.29 is 0 Å². The summed E-state index contributed by atoms with van der Waals surface area (Å²) in [4.78, 5) is 0. The van der Waals surface area contributed by atoms with Gasteiger partial charge in [0.1, 0.15) is 0 Å². The Balaban J connectivity index is 1.57. The van der Waals surface area contributed by atoms with E-state index >= 15 is 0 Å². The Morgan fingerprint density at radius 1 is 0.810 bits per heavy atom. The number of nitrogens with one attached hydrogen (secondary N) is 1. The van der Waals surface area contributed by atoms with Crippen LogP contribution in [0.3, 0.4) is 0 Å². The van der Waals surface area contributed by atoms with E-state index in [1.807, 2.05) is 0 Å². The SMILES string of the molecule is CCCCCCCCCC1CC(C)CCC1CNC1CC1. The van der Waals surface area contributed by atoms with Crippen LogP contribution in [0.5, 0.6) is 0 Å². The van der Waals surface area contributed by atoms with Crippen molar-refractivity contribution in [1.29, 1.82) is 0 Å². The molecule has 2 fully saturated rings. The van der Waals surface area contributed by atoms with Gasteiger partial charge in [-0.25, -0.2) is 0 Å². The van der Waals surface area contributed by atoms with Gasteiger partial charge in [-0.2, -0.15) is 0 Å². The first-order chi connectivity index (χ1) is 10.3. The lowest BCUT2D eigenvalue weighted by Gasteiger charge is -2.35. The molecule has 0 heterocycles. The molecule has 2 saturated carbocycles. The maximum absolute atomic E-state index is 3.80. The first-order valence-corrected chi connectivity index (χ1v) is 10.0. The standard InChI is InChI=1S/C20H39N/c1-3-4-5-6-7-8-9-10-18-15-17(2)11-12-19(18)16-21-20-13-14-20/h17-21H,3-16H2,1-2H3. The summed E-state index contributed by atoms with van der Waals surface area (Å²) in [6.45, 7) is 6.10. The maximum Gasteiger partial charge on any atom is 0.00683 e. The Hall–Kier alpha value is -0.0400. The summed E-state index contributed by atoms with van der Waals surface area (Å²) in [6, 6.07) is 0.892. The van der Waals surface area contributed by atoms with Gasteiger partial charge >= 0.3 is 0 Å². The molecule has 2 aliphatic rings. The Kier molecular flexibility index (Phi) is 8.14. The zero-order chi connectivity index (χ0) is 14.9. The Labute approximate surface area is 133 Å². The van der Waals surface area contributed by atoms with Gasteiger partial charge in [-0.05, 0) is 50.0 Å². The average molecular weight is 294 g/mol. The van der Waals surface area contributed by atoms with Crippen molar-refractivity contribution in [3.8, 4) is 0 Å². The summed E-state index contributed by atoms with van der Waals surface area (Å²) in [5.74, 6) is 2.99. The molecule has 1 nitrogen and oxygen atoms in total. The van der Waals surface area contributed by atoms with Crippen LogP contribution >= 0.6 is 0 Å². The van der Waals surface area contributed by atoms with Crippen molar-refractivity contribution in [2.75, 3.05) is 6.54 Å². The van der Waals surface area contributed by atoms with Crippen LogP contribution in [0.25, 0.3) is 0 Å². The van der Waals surface area contributed by atoms with Crippen LogP contribution in [0.2, 0.25) is 0 Å². The van der Waals surface area contributed by atoms with Crippen molar-refractivity contribution in [3.63, 3.8) is 0 Å². The molecule has 0 aromatic heterocycles. The second-order valence-electron chi connectivity index (χ2n) is 8.03. The molecule has 0 aliphatic heterocycles. The smallest absolute Gasteiger partial charge is 0.00683 e. The zero-order valence-corrected chi connectivity index (χ0v) is 14.7. The van der Waals surface area contributed by atoms with Gasteiger partial charge < -0.3 is 5.32 Å². The minimum atomic E-state index is 0.892. The normalized spacial score (nSPS) is 29.7. The molecule has 2 rings (SSSR count). The van der Waals surface area contributed by atoms with Crippen LogP contribution in [0.15, 0.2) is 0 Å². The van der Waals surface area contributed by atoms with E-state index in [-0.39, 0.29) is 0 Å². The predicted octanol–water partition coefficient (Wildman–Crippen LogP) is 5.93. The van der Waals surface area contributed by atoms with Gasteiger partial charge in [0.25, 0.3) is 0 Å². The van der Waals surface area contributed by atoms with Crippen LogP contribution in [-0.2, 0) is 0 Å². The van der Waals surface area contributed by atoms with Gasteiger partial charge in [0.2, 0.25) is 0 Å². The molecule has 0 radical (unpaired) electrons. The van der Waals surface area contributed by atoms with Crippen molar-refractivity contribution in [3.05, 3.63) is 0 Å². The van der Waals surface area contributed by atoms with Crippen molar-refractivity contribution in [2.24, 2.45) is 17.8 Å². The second-order valence-corrected chi connectivity index (χ2v) is 8.03. The van der Waals surface area contributed by atoms with E-state index in [1.165, 1.54) is 90.0 Å². The van der Waals surface area contributed by atoms with E-state index in [1.54, 1.807) is 0 Å². The molecule has 0 spiro atoms. The van der Waals surface area contributed by atoms with Gasteiger partial charge in [-0.1, -0.05) is 71.6 Å². The molecule has 2 aliphatic carbocycles. The molecular weight excluding hydrogens is 254 g/mol. The average Bonchev–Trinajstić information content (AvgIpc) is 3.29. The van der Waals surface area contributed by atoms with Gasteiger partial charge in [0.05, 0.1) is 0 Å². The van der Waals surface area contributed by atoms with Crippen LogP contribution in [0, 0.1) is 17.8 Å². The Morgan fingerprint density at radius 2 is 1.52 bits per heavy atom. The lowest BCUT2D eigenvalue weighted by molar-refractivity contribution is 0.171. The first kappa shape index (κ1) is 17.3. The predicted molar refractivity (Wildman–Crippen MR) is 93.6 cm³/mol. The van der Waals surface area contributed by atoms with Gasteiger partial charge in [-0.3, -0.25) is 0 Å². The fourth-order valence-electron chi connectivity index (χ4n) is 4.15. The molecule has 0 bridgehead atoms. The highest BCUT2D eigenvalue weighted by Crippen LogP contribution is 2.37. The second kappa shape index (κ2) is 9.87. The molecule has 0 aromatic carbocycles. The summed E-state index contributed by atoms with van der Waals surface area (Å²) in [5, 5.41) is 3.80. The number of hydrogen-bond acceptors (Lipinski definition) is 1. The van der Waals surface area contributed by atoms with Gasteiger partial charge in [-0.15, -0.1) is 0 Å². The van der Waals surface area contributed by atoms with Crippen LogP contribution in [0.4, 0.5) is 0 Å². The van der Waals surface area contributed by atoms with E-state index in [9.17, 15) is 0 Å². The third kappa shape index (κ3) is 7.17. The molecule has 21 heavy (non-hydrogen) atoms. The summed E-state index contributed by atoms with van der Waals surface area (Å²) in [5.41, 5.74) is 0. The molecule has 0 aromatic rings. The third-order valence-corrected chi connectivity index (χ3v) is 5.83. The largest absolute Gasteiger partial charge is 0.314 e. The lowest BCUT2D eigenvalue weighted by Crippen LogP contribution is -2.33. The van der Waals surface area contributed by atoms with Crippen molar-refractivity contribution in [1.82, 2.24) is 5.32 Å². The van der Waals surface area contributed by atoms with E-state index in [4.69, 9.17) is 0 Å². The van der Waals surface area contributed by atoms with Crippen LogP contribution in [0.1, 0.15) is 97.3 Å². The lowest BCUT2D eigenvalue weighted by atomic mass is 9.72. The monoisotopic (exact) mass is 293 g/mol. The van der Waals surface area contributed by atoms with Gasteiger partial charge in [0, 0.05) is 6.04 Å². The molecule has 3 unspecified atom stereocenters. The van der Waals surface area contributed by atoms with E-state index in [2.05, 4.69) is 19.2 Å². The molecule has 3 atom stereocenters. The molecule has 0 amide bonds. The molecule has 1 heteroatoms. The van der Waals surface area contributed by atoms with E-state index in [0.717, 1.165) is 23.8 Å². The summed E-state index contributed by atoms with van der Waals surface area (Å²) in [6.07, 6.45) is 19.1. The number of rotatable bonds is 11. The van der Waals surface area contributed by atoms with Crippen LogP contribution < -0.4 is 5.32 Å². The van der Waals surface area contributed by atoms with E-state index in [0.29, 0.717) is 0 Å². The minimum Gasteiger partial charge on any atom is -0.314 e. The topological polar surface area (TPSA) is 12.0 Å². The van der Waals surface area contributed by atoms with Crippen LogP contribution in [-0.4, -0.2) is 12.6 Å². The molecule has 124 valence electrons. The summed E-state index contributed by atoms with van der Waals surface area (Å²) < 4.78 is 0. The number of hydrogen-bond donors (Lipinski definition) is 1. The minimum absolute atomic E-state index is 0.892. The maximum atomic E-state index is 3.80. The highest BCUT2D eigenvalue weighted by atomic mass is 14.9. The summed E-state index contributed by atoms with van der Waals surface area (Å²) >= 11 is 0. The Bertz CT molecular complexity index is 259. The summed E-state index contributed by atoms with van der Waals surface area (Å²) in [7, 11) is 0. The fourth-order valence-corrected chi connectivity index (χ4v) is 4.15. The van der Waals surface area contributed by atoms with Gasteiger partial charge in [0.15, 0.2) is 0 Å². The fraction of sp³-hybridized carbons (Fsp3) is 1.00. The van der Waals surface area contributed by atoms with Crippen molar-refractivity contribution >= 4 is 0 Å².